The average molecular weight is 563 g/mol. The molecule has 0 unspecified atom stereocenters. The number of allylic oxidation sites excluding steroid dienone is 2. The number of unbranched alkanes of at least 4 members (excludes halogenated alkanes) is 1. The van der Waals surface area contributed by atoms with Crippen LogP contribution in [0.25, 0.3) is 6.08 Å². The van der Waals surface area contributed by atoms with Crippen LogP contribution in [-0.4, -0.2) is 67.3 Å². The summed E-state index contributed by atoms with van der Waals surface area (Å²) in [4.78, 5) is 15.7. The third-order valence-corrected chi connectivity index (χ3v) is 6.96. The highest BCUT2D eigenvalue weighted by Crippen LogP contribution is 2.30. The monoisotopic (exact) mass is 562 g/mol. The maximum atomic E-state index is 10.6. The molecule has 212 valence electrons. The zero-order valence-electron chi connectivity index (χ0n) is 23.0. The van der Waals surface area contributed by atoms with E-state index in [1.165, 1.54) is 17.2 Å². The van der Waals surface area contributed by atoms with Crippen LogP contribution in [-0.2, 0) is 4.79 Å². The van der Waals surface area contributed by atoms with Crippen LogP contribution < -0.4 is 9.47 Å². The number of carbonyl (C=O) groups is 1. The van der Waals surface area contributed by atoms with Crippen LogP contribution in [0.15, 0.2) is 97.1 Å². The Morgan fingerprint density at radius 1 is 0.875 bits per heavy atom. The molecule has 4 rings (SSSR count). The molecule has 7 heteroatoms. The van der Waals surface area contributed by atoms with Crippen molar-refractivity contribution in [1.29, 1.82) is 0 Å². The highest BCUT2D eigenvalue weighted by atomic mass is 35.5. The molecule has 3 aromatic rings. The van der Waals surface area contributed by atoms with Crippen LogP contribution in [0.3, 0.4) is 0 Å². The summed E-state index contributed by atoms with van der Waals surface area (Å²) in [5.41, 5.74) is 3.61. The van der Waals surface area contributed by atoms with Gasteiger partial charge in [0.1, 0.15) is 0 Å². The Balaban J connectivity index is 0.00000441. The lowest BCUT2D eigenvalue weighted by Gasteiger charge is -2.39. The summed E-state index contributed by atoms with van der Waals surface area (Å²) in [6, 6.07) is 27.7. The van der Waals surface area contributed by atoms with Crippen molar-refractivity contribution in [2.75, 3.05) is 46.4 Å². The number of carboxylic acids is 1. The number of methoxy groups -OCH3 is 1. The SMILES string of the molecule is COc1cc(C=CC=CC(=O)O)ccc1OCCCCN1CCN(C(c2ccccc2)c2ccccc2)CC1.Cl. The zero-order chi connectivity index (χ0) is 27.3. The molecule has 1 aliphatic rings. The highest BCUT2D eigenvalue weighted by molar-refractivity contribution is 5.85. The maximum absolute atomic E-state index is 10.6. The molecule has 0 aliphatic carbocycles. The number of nitrogens with zero attached hydrogens (tertiary/aromatic N) is 2. The number of benzene rings is 3. The summed E-state index contributed by atoms with van der Waals surface area (Å²) in [5.74, 6) is 0.419. The standard InChI is InChI=1S/C33H38N2O4.ClH/c1-38-31-26-27(12-8-9-17-32(36)37)18-19-30(31)39-25-11-10-20-34-21-23-35(24-22-34)33(28-13-4-2-5-14-28)29-15-6-3-7-16-29;/h2-9,12-19,26,33H,10-11,20-25H2,1H3,(H,36,37);1H. The second-order valence-corrected chi connectivity index (χ2v) is 9.62. The number of ether oxygens (including phenoxy) is 2. The van der Waals surface area contributed by atoms with Gasteiger partial charge in [0.2, 0.25) is 0 Å². The molecule has 1 heterocycles. The van der Waals surface area contributed by atoms with E-state index in [0.717, 1.165) is 63.0 Å². The van der Waals surface area contributed by atoms with E-state index in [4.69, 9.17) is 14.6 Å². The normalized spacial score (nSPS) is 14.4. The molecule has 0 aromatic heterocycles. The van der Waals surface area contributed by atoms with Crippen molar-refractivity contribution >= 4 is 24.5 Å². The molecule has 6 nitrogen and oxygen atoms in total. The van der Waals surface area contributed by atoms with Crippen molar-refractivity contribution < 1.29 is 19.4 Å². The summed E-state index contributed by atoms with van der Waals surface area (Å²) < 4.78 is 11.5. The van der Waals surface area contributed by atoms with Gasteiger partial charge in [-0.15, -0.1) is 12.4 Å². The first-order valence-electron chi connectivity index (χ1n) is 13.6. The lowest BCUT2D eigenvalue weighted by molar-refractivity contribution is -0.131. The van der Waals surface area contributed by atoms with Crippen LogP contribution in [0.5, 0.6) is 11.5 Å². The van der Waals surface area contributed by atoms with Crippen LogP contribution in [0.4, 0.5) is 0 Å². The molecular weight excluding hydrogens is 524 g/mol. The van der Waals surface area contributed by atoms with Gasteiger partial charge in [-0.1, -0.05) is 85.0 Å². The second-order valence-electron chi connectivity index (χ2n) is 9.62. The third kappa shape index (κ3) is 9.26. The molecule has 40 heavy (non-hydrogen) atoms. The van der Waals surface area contributed by atoms with Crippen molar-refractivity contribution in [3.63, 3.8) is 0 Å². The van der Waals surface area contributed by atoms with Crippen LogP contribution in [0.1, 0.15) is 35.6 Å². The fourth-order valence-corrected chi connectivity index (χ4v) is 4.96. The van der Waals surface area contributed by atoms with Gasteiger partial charge in [0.15, 0.2) is 11.5 Å². The van der Waals surface area contributed by atoms with E-state index in [1.54, 1.807) is 13.2 Å². The number of halogens is 1. The molecule has 1 N–H and O–H groups in total. The van der Waals surface area contributed by atoms with Crippen LogP contribution in [0, 0.1) is 0 Å². The lowest BCUT2D eigenvalue weighted by atomic mass is 9.96. The Bertz CT molecular complexity index is 1190. The molecular formula is C33H39ClN2O4. The van der Waals surface area contributed by atoms with E-state index in [0.29, 0.717) is 18.4 Å². The number of hydrogen-bond donors (Lipinski definition) is 1. The highest BCUT2D eigenvalue weighted by Gasteiger charge is 2.26. The van der Waals surface area contributed by atoms with E-state index in [1.807, 2.05) is 24.3 Å². The minimum absolute atomic E-state index is 0. The third-order valence-electron chi connectivity index (χ3n) is 6.96. The van der Waals surface area contributed by atoms with Gasteiger partial charge in [0.05, 0.1) is 19.8 Å². The van der Waals surface area contributed by atoms with Gasteiger partial charge in [0, 0.05) is 32.3 Å². The molecule has 0 amide bonds. The number of hydrogen-bond acceptors (Lipinski definition) is 5. The predicted octanol–water partition coefficient (Wildman–Crippen LogP) is 6.34. The van der Waals surface area contributed by atoms with Crippen molar-refractivity contribution in [2.24, 2.45) is 0 Å². The number of piperazine rings is 1. The van der Waals surface area contributed by atoms with E-state index in [-0.39, 0.29) is 12.4 Å². The minimum Gasteiger partial charge on any atom is -0.493 e. The molecule has 0 radical (unpaired) electrons. The van der Waals surface area contributed by atoms with Crippen LogP contribution in [0.2, 0.25) is 0 Å². The smallest absolute Gasteiger partial charge is 0.328 e. The van der Waals surface area contributed by atoms with Crippen molar-refractivity contribution in [1.82, 2.24) is 9.80 Å². The van der Waals surface area contributed by atoms with Crippen molar-refractivity contribution in [3.8, 4) is 11.5 Å². The number of aliphatic carboxylic acids is 1. The topological polar surface area (TPSA) is 62.2 Å². The number of rotatable bonds is 13. The van der Waals surface area contributed by atoms with Gasteiger partial charge in [-0.2, -0.15) is 0 Å². The zero-order valence-corrected chi connectivity index (χ0v) is 23.8. The van der Waals surface area contributed by atoms with Gasteiger partial charge < -0.3 is 19.5 Å². The maximum Gasteiger partial charge on any atom is 0.328 e. The first-order chi connectivity index (χ1) is 19.1. The van der Waals surface area contributed by atoms with E-state index in [9.17, 15) is 4.79 Å². The van der Waals surface area contributed by atoms with Gasteiger partial charge in [-0.05, 0) is 48.2 Å². The Morgan fingerprint density at radius 3 is 2.12 bits per heavy atom. The Hall–Kier alpha value is -3.58. The molecule has 0 atom stereocenters. The fraction of sp³-hybridized carbons (Fsp3) is 0.303. The van der Waals surface area contributed by atoms with E-state index >= 15 is 0 Å². The van der Waals surface area contributed by atoms with Gasteiger partial charge >= 0.3 is 5.97 Å². The fourth-order valence-electron chi connectivity index (χ4n) is 4.96. The first kappa shape index (κ1) is 31.0. The Labute approximate surface area is 243 Å². The van der Waals surface area contributed by atoms with Gasteiger partial charge in [-0.3, -0.25) is 4.90 Å². The van der Waals surface area contributed by atoms with Crippen LogP contribution >= 0.6 is 12.4 Å². The predicted molar refractivity (Wildman–Crippen MR) is 164 cm³/mol. The Morgan fingerprint density at radius 2 is 1.52 bits per heavy atom. The largest absolute Gasteiger partial charge is 0.493 e. The van der Waals surface area contributed by atoms with Crippen molar-refractivity contribution in [3.05, 3.63) is 114 Å². The van der Waals surface area contributed by atoms with E-state index < -0.39 is 5.97 Å². The summed E-state index contributed by atoms with van der Waals surface area (Å²) in [6.07, 6.45) is 8.16. The summed E-state index contributed by atoms with van der Waals surface area (Å²) >= 11 is 0. The Kier molecular flexibility index (Phi) is 12.8. The second kappa shape index (κ2) is 16.5. The number of carboxylic acid groups (broad SMARTS) is 1. The quantitative estimate of drug-likeness (QED) is 0.149. The molecule has 0 saturated carbocycles. The molecule has 3 aromatic carbocycles. The summed E-state index contributed by atoms with van der Waals surface area (Å²) in [6.45, 7) is 5.95. The molecule has 1 saturated heterocycles. The van der Waals surface area contributed by atoms with Crippen molar-refractivity contribution in [2.45, 2.75) is 18.9 Å². The summed E-state index contributed by atoms with van der Waals surface area (Å²) in [5, 5.41) is 8.67. The lowest BCUT2D eigenvalue weighted by Crippen LogP contribution is -2.48. The average Bonchev–Trinajstić information content (AvgIpc) is 2.97. The van der Waals surface area contributed by atoms with E-state index in [2.05, 4.69) is 70.5 Å². The minimum atomic E-state index is -0.969. The molecule has 1 aliphatic heterocycles. The molecule has 1 fully saturated rings. The van der Waals surface area contributed by atoms with Gasteiger partial charge in [0.25, 0.3) is 0 Å². The molecule has 0 bridgehead atoms. The summed E-state index contributed by atoms with van der Waals surface area (Å²) in [7, 11) is 1.62. The van der Waals surface area contributed by atoms with Gasteiger partial charge in [-0.25, -0.2) is 4.79 Å². The first-order valence-corrected chi connectivity index (χ1v) is 13.6. The molecule has 0 spiro atoms.